The molecular formula is C16H28O5. The van der Waals surface area contributed by atoms with E-state index in [0.717, 1.165) is 38.2 Å². The van der Waals surface area contributed by atoms with E-state index in [1.165, 1.54) is 0 Å². The van der Waals surface area contributed by atoms with Crippen LogP contribution in [0.15, 0.2) is 12.7 Å². The maximum absolute atomic E-state index is 11.9. The lowest BCUT2D eigenvalue weighted by atomic mass is 9.97. The fourth-order valence-corrected chi connectivity index (χ4v) is 1.91. The lowest BCUT2D eigenvalue weighted by Crippen LogP contribution is -2.23. The van der Waals surface area contributed by atoms with Crippen molar-refractivity contribution in [3.05, 3.63) is 12.7 Å². The van der Waals surface area contributed by atoms with Crippen LogP contribution < -0.4 is 0 Å². The molecule has 0 radical (unpaired) electrons. The summed E-state index contributed by atoms with van der Waals surface area (Å²) in [5.41, 5.74) is 0. The fourth-order valence-electron chi connectivity index (χ4n) is 1.91. The number of unbranched alkanes of at least 4 members (excludes halogenated alkanes) is 1. The number of hydrogen-bond acceptors (Lipinski definition) is 5. The molecule has 5 nitrogen and oxygen atoms in total. The Morgan fingerprint density at radius 2 is 1.86 bits per heavy atom. The molecule has 5 heteroatoms. The molecule has 2 unspecified atom stereocenters. The van der Waals surface area contributed by atoms with Gasteiger partial charge in [0.25, 0.3) is 0 Å². The molecule has 0 rings (SSSR count). The highest BCUT2D eigenvalue weighted by atomic mass is 16.5. The van der Waals surface area contributed by atoms with Crippen LogP contribution in [0.5, 0.6) is 0 Å². The molecule has 0 bridgehead atoms. The van der Waals surface area contributed by atoms with Crippen molar-refractivity contribution in [1.29, 1.82) is 0 Å². The van der Waals surface area contributed by atoms with Crippen molar-refractivity contribution in [2.75, 3.05) is 13.2 Å². The van der Waals surface area contributed by atoms with Crippen LogP contribution in [-0.2, 0) is 19.1 Å². The first-order valence-corrected chi connectivity index (χ1v) is 7.68. The van der Waals surface area contributed by atoms with Gasteiger partial charge in [0.15, 0.2) is 0 Å². The summed E-state index contributed by atoms with van der Waals surface area (Å²) in [4.78, 5) is 22.8. The minimum absolute atomic E-state index is 0.0503. The summed E-state index contributed by atoms with van der Waals surface area (Å²) >= 11 is 0. The zero-order chi connectivity index (χ0) is 16.1. The van der Waals surface area contributed by atoms with Gasteiger partial charge in [0.1, 0.15) is 6.61 Å². The van der Waals surface area contributed by atoms with Crippen LogP contribution in [0, 0.1) is 5.92 Å². The van der Waals surface area contributed by atoms with Crippen LogP contribution in [-0.4, -0.2) is 36.4 Å². The number of aliphatic hydroxyl groups is 1. The molecular weight excluding hydrogens is 272 g/mol. The second kappa shape index (κ2) is 12.4. The predicted octanol–water partition coefficient (Wildman–Crippen LogP) is 2.62. The molecule has 0 spiro atoms. The van der Waals surface area contributed by atoms with Crippen LogP contribution in [0.3, 0.4) is 0 Å². The van der Waals surface area contributed by atoms with Crippen LogP contribution in [0.4, 0.5) is 0 Å². The maximum Gasteiger partial charge on any atom is 0.330 e. The maximum atomic E-state index is 11.9. The molecule has 0 amide bonds. The molecule has 21 heavy (non-hydrogen) atoms. The number of ether oxygens (including phenoxy) is 2. The molecule has 0 saturated heterocycles. The molecule has 122 valence electrons. The minimum Gasteiger partial charge on any atom is -0.465 e. The van der Waals surface area contributed by atoms with Crippen molar-refractivity contribution in [2.24, 2.45) is 5.92 Å². The van der Waals surface area contributed by atoms with Gasteiger partial charge >= 0.3 is 11.9 Å². The van der Waals surface area contributed by atoms with Crippen molar-refractivity contribution < 1.29 is 24.2 Å². The van der Waals surface area contributed by atoms with Crippen LogP contribution in [0.1, 0.15) is 52.4 Å². The summed E-state index contributed by atoms with van der Waals surface area (Å²) < 4.78 is 9.90. The zero-order valence-corrected chi connectivity index (χ0v) is 13.2. The number of rotatable bonds is 12. The van der Waals surface area contributed by atoms with Crippen molar-refractivity contribution in [1.82, 2.24) is 0 Å². The molecule has 0 aliphatic carbocycles. The molecule has 0 aromatic heterocycles. The lowest BCUT2D eigenvalue weighted by molar-refractivity contribution is -0.151. The van der Waals surface area contributed by atoms with Gasteiger partial charge in [0, 0.05) is 12.5 Å². The van der Waals surface area contributed by atoms with E-state index in [1.807, 2.05) is 6.92 Å². The highest BCUT2D eigenvalue weighted by Gasteiger charge is 2.19. The van der Waals surface area contributed by atoms with E-state index in [9.17, 15) is 14.7 Å². The Hall–Kier alpha value is -1.36. The molecule has 0 aromatic rings. The van der Waals surface area contributed by atoms with E-state index in [-0.39, 0.29) is 31.5 Å². The first-order chi connectivity index (χ1) is 10.0. The summed E-state index contributed by atoms with van der Waals surface area (Å²) in [5.74, 6) is -0.820. The molecule has 0 fully saturated rings. The third-order valence-corrected chi connectivity index (χ3v) is 3.16. The minimum atomic E-state index is -0.832. The number of aliphatic hydroxyl groups excluding tert-OH is 1. The van der Waals surface area contributed by atoms with Crippen LogP contribution in [0.25, 0.3) is 0 Å². The highest BCUT2D eigenvalue weighted by Crippen LogP contribution is 2.16. The Labute approximate surface area is 127 Å². The smallest absolute Gasteiger partial charge is 0.330 e. The van der Waals surface area contributed by atoms with E-state index in [2.05, 4.69) is 13.5 Å². The predicted molar refractivity (Wildman–Crippen MR) is 80.7 cm³/mol. The average Bonchev–Trinajstić information content (AvgIpc) is 2.48. The van der Waals surface area contributed by atoms with Crippen LogP contribution >= 0.6 is 0 Å². The first-order valence-electron chi connectivity index (χ1n) is 7.68. The summed E-state index contributed by atoms with van der Waals surface area (Å²) in [6.45, 7) is 7.42. The lowest BCUT2D eigenvalue weighted by Gasteiger charge is -2.16. The van der Waals surface area contributed by atoms with Gasteiger partial charge in [-0.25, -0.2) is 4.79 Å². The van der Waals surface area contributed by atoms with Gasteiger partial charge in [-0.1, -0.05) is 39.7 Å². The van der Waals surface area contributed by atoms with Gasteiger partial charge in [-0.3, -0.25) is 4.79 Å². The second-order valence-corrected chi connectivity index (χ2v) is 5.07. The molecule has 0 aliphatic heterocycles. The summed E-state index contributed by atoms with van der Waals surface area (Å²) in [7, 11) is 0. The average molecular weight is 300 g/mol. The van der Waals surface area contributed by atoms with Crippen molar-refractivity contribution in [3.63, 3.8) is 0 Å². The zero-order valence-electron chi connectivity index (χ0n) is 13.2. The largest absolute Gasteiger partial charge is 0.465 e. The third-order valence-electron chi connectivity index (χ3n) is 3.16. The summed E-state index contributed by atoms with van der Waals surface area (Å²) in [6, 6.07) is 0. The fraction of sp³-hybridized carbons (Fsp3) is 0.750. The number of esters is 2. The molecule has 0 aliphatic rings. The van der Waals surface area contributed by atoms with Gasteiger partial charge in [-0.05, 0) is 12.8 Å². The molecule has 2 atom stereocenters. The normalized spacial score (nSPS) is 13.3. The standard InChI is InChI=1S/C16H28O5/c1-4-7-9-13(8-5-2)16(19)20-11-10-14(17)12-21-15(18)6-3/h6,13-14,17H,3-5,7-12H2,1-2H3. The Kier molecular flexibility index (Phi) is 11.6. The monoisotopic (exact) mass is 300 g/mol. The van der Waals surface area contributed by atoms with E-state index < -0.39 is 12.1 Å². The van der Waals surface area contributed by atoms with Gasteiger partial charge in [-0.15, -0.1) is 0 Å². The second-order valence-electron chi connectivity index (χ2n) is 5.07. The van der Waals surface area contributed by atoms with Gasteiger partial charge in [0.05, 0.1) is 18.6 Å². The van der Waals surface area contributed by atoms with Crippen LogP contribution in [0.2, 0.25) is 0 Å². The topological polar surface area (TPSA) is 72.8 Å². The Balaban J connectivity index is 3.93. The molecule has 1 N–H and O–H groups in total. The van der Waals surface area contributed by atoms with Gasteiger partial charge < -0.3 is 14.6 Å². The SMILES string of the molecule is C=CC(=O)OCC(O)CCOC(=O)C(CCC)CCCC. The highest BCUT2D eigenvalue weighted by molar-refractivity contribution is 5.81. The van der Waals surface area contributed by atoms with E-state index >= 15 is 0 Å². The number of carbonyl (C=O) groups excluding carboxylic acids is 2. The summed E-state index contributed by atoms with van der Waals surface area (Å²) in [6.07, 6.45) is 5.16. The Morgan fingerprint density at radius 3 is 2.43 bits per heavy atom. The number of carbonyl (C=O) groups is 2. The van der Waals surface area contributed by atoms with Crippen molar-refractivity contribution in [3.8, 4) is 0 Å². The Bertz CT molecular complexity index is 314. The van der Waals surface area contributed by atoms with E-state index in [0.29, 0.717) is 0 Å². The van der Waals surface area contributed by atoms with E-state index in [4.69, 9.17) is 9.47 Å². The molecule has 0 saturated carbocycles. The quantitative estimate of drug-likeness (QED) is 0.443. The van der Waals surface area contributed by atoms with Gasteiger partial charge in [-0.2, -0.15) is 0 Å². The van der Waals surface area contributed by atoms with Gasteiger partial charge in [0.2, 0.25) is 0 Å². The van der Waals surface area contributed by atoms with Crippen molar-refractivity contribution >= 4 is 11.9 Å². The Morgan fingerprint density at radius 1 is 1.14 bits per heavy atom. The molecule has 0 heterocycles. The number of hydrogen-bond donors (Lipinski definition) is 1. The third kappa shape index (κ3) is 10.1. The van der Waals surface area contributed by atoms with E-state index in [1.54, 1.807) is 0 Å². The van der Waals surface area contributed by atoms with Crippen molar-refractivity contribution in [2.45, 2.75) is 58.5 Å². The summed E-state index contributed by atoms with van der Waals surface area (Å²) in [5, 5.41) is 9.59. The first kappa shape index (κ1) is 19.6. The molecule has 0 aromatic carbocycles.